The molecule has 0 aliphatic heterocycles. The molecule has 7 nitrogen and oxygen atoms in total. The maximum atomic E-state index is 12.9. The molecule has 0 spiro atoms. The summed E-state index contributed by atoms with van der Waals surface area (Å²) in [5, 5.41) is 7.82. The number of amides is 1. The monoisotopic (exact) mass is 478 g/mol. The van der Waals surface area contributed by atoms with E-state index in [1.165, 1.54) is 12.3 Å². The summed E-state index contributed by atoms with van der Waals surface area (Å²) in [6, 6.07) is 6.42. The van der Waals surface area contributed by atoms with Crippen molar-refractivity contribution in [2.24, 2.45) is 5.92 Å². The van der Waals surface area contributed by atoms with E-state index in [9.17, 15) is 27.3 Å². The molecule has 33 heavy (non-hydrogen) atoms. The fourth-order valence-corrected chi connectivity index (χ4v) is 4.70. The smallest absolute Gasteiger partial charge is 0.433 e. The van der Waals surface area contributed by atoms with E-state index in [4.69, 9.17) is 0 Å². The van der Waals surface area contributed by atoms with Crippen molar-refractivity contribution >= 4 is 40.0 Å². The summed E-state index contributed by atoms with van der Waals surface area (Å²) in [7, 11) is 0. The maximum absolute atomic E-state index is 12.9. The predicted molar refractivity (Wildman–Crippen MR) is 116 cm³/mol. The van der Waals surface area contributed by atoms with E-state index in [-0.39, 0.29) is 17.6 Å². The SMILES string of the molecule is C[S+]([O-])c1cc2nn([C@H]3CC[C@H](C=O)CC3)cc2cc1NC(=O)c1cccc(C(F)(F)F)n1. The molecule has 1 aliphatic carbocycles. The van der Waals surface area contributed by atoms with Gasteiger partial charge < -0.3 is 14.7 Å². The molecule has 0 radical (unpaired) electrons. The van der Waals surface area contributed by atoms with E-state index < -0.39 is 34.6 Å². The first kappa shape index (κ1) is 23.2. The number of carbonyl (C=O) groups excluding carboxylic acids is 2. The van der Waals surface area contributed by atoms with E-state index in [0.717, 1.165) is 44.1 Å². The van der Waals surface area contributed by atoms with Crippen LogP contribution in [0, 0.1) is 5.92 Å². The molecule has 0 bridgehead atoms. The van der Waals surface area contributed by atoms with Gasteiger partial charge in [-0.05, 0) is 55.1 Å². The zero-order valence-electron chi connectivity index (χ0n) is 17.6. The van der Waals surface area contributed by atoms with Gasteiger partial charge in [-0.2, -0.15) is 18.3 Å². The third-order valence-corrected chi connectivity index (χ3v) is 6.72. The first-order valence-corrected chi connectivity index (χ1v) is 11.9. The average Bonchev–Trinajstić information content (AvgIpc) is 3.21. The number of aromatic nitrogens is 3. The second kappa shape index (κ2) is 9.14. The lowest BCUT2D eigenvalue weighted by Crippen LogP contribution is -2.19. The van der Waals surface area contributed by atoms with Crippen LogP contribution < -0.4 is 5.32 Å². The largest absolute Gasteiger partial charge is 0.612 e. The Bertz CT molecular complexity index is 1190. The van der Waals surface area contributed by atoms with Crippen molar-refractivity contribution in [2.75, 3.05) is 11.6 Å². The fraction of sp³-hybridized carbons (Fsp3) is 0.364. The molecule has 1 atom stereocenters. The number of carbonyl (C=O) groups is 2. The Morgan fingerprint density at radius 1 is 1.24 bits per heavy atom. The summed E-state index contributed by atoms with van der Waals surface area (Å²) in [6.45, 7) is 0. The summed E-state index contributed by atoms with van der Waals surface area (Å²) in [4.78, 5) is 27.3. The van der Waals surface area contributed by atoms with E-state index in [0.29, 0.717) is 15.8 Å². The summed E-state index contributed by atoms with van der Waals surface area (Å²) in [5.41, 5.74) is -0.763. The molecule has 1 aromatic carbocycles. The van der Waals surface area contributed by atoms with Crippen LogP contribution in [0.3, 0.4) is 0 Å². The molecule has 1 N–H and O–H groups in total. The normalized spacial score (nSPS) is 19.9. The molecule has 1 fully saturated rings. The van der Waals surface area contributed by atoms with Crippen molar-refractivity contribution in [3.63, 3.8) is 0 Å². The Hall–Kier alpha value is -2.92. The number of aldehydes is 1. The van der Waals surface area contributed by atoms with Crippen molar-refractivity contribution in [1.82, 2.24) is 14.8 Å². The van der Waals surface area contributed by atoms with E-state index >= 15 is 0 Å². The number of anilines is 1. The minimum absolute atomic E-state index is 0.0756. The number of rotatable bonds is 5. The number of benzene rings is 1. The number of pyridine rings is 1. The van der Waals surface area contributed by atoms with Gasteiger partial charge in [0.2, 0.25) is 0 Å². The van der Waals surface area contributed by atoms with Crippen LogP contribution in [0.25, 0.3) is 10.9 Å². The number of hydrogen-bond donors (Lipinski definition) is 1. The zero-order chi connectivity index (χ0) is 23.8. The summed E-state index contributed by atoms with van der Waals surface area (Å²) in [6.07, 6.45) is 2.79. The van der Waals surface area contributed by atoms with Gasteiger partial charge in [0.05, 0.1) is 17.2 Å². The molecule has 2 aromatic heterocycles. The minimum atomic E-state index is -4.68. The van der Waals surface area contributed by atoms with Crippen molar-refractivity contribution in [3.8, 4) is 0 Å². The highest BCUT2D eigenvalue weighted by molar-refractivity contribution is 7.90. The van der Waals surface area contributed by atoms with E-state index in [1.54, 1.807) is 12.1 Å². The molecule has 1 saturated carbocycles. The van der Waals surface area contributed by atoms with Crippen LogP contribution in [0.15, 0.2) is 41.4 Å². The van der Waals surface area contributed by atoms with Gasteiger partial charge in [-0.25, -0.2) is 4.98 Å². The lowest BCUT2D eigenvalue weighted by atomic mass is 9.87. The van der Waals surface area contributed by atoms with Gasteiger partial charge in [0.15, 0.2) is 4.90 Å². The maximum Gasteiger partial charge on any atom is 0.433 e. The van der Waals surface area contributed by atoms with Crippen molar-refractivity contribution in [2.45, 2.75) is 42.8 Å². The number of halogens is 3. The third-order valence-electron chi connectivity index (χ3n) is 5.76. The highest BCUT2D eigenvalue weighted by atomic mass is 32.2. The van der Waals surface area contributed by atoms with Crippen LogP contribution in [0.2, 0.25) is 0 Å². The molecule has 11 heteroatoms. The van der Waals surface area contributed by atoms with Gasteiger partial charge in [-0.1, -0.05) is 6.07 Å². The molecule has 1 aliphatic rings. The number of alkyl halides is 3. The molecular weight excluding hydrogens is 457 g/mol. The minimum Gasteiger partial charge on any atom is -0.612 e. The predicted octanol–water partition coefficient (Wildman–Crippen LogP) is 4.37. The van der Waals surface area contributed by atoms with Crippen LogP contribution >= 0.6 is 0 Å². The number of nitrogens with zero attached hydrogens (tertiary/aromatic N) is 3. The lowest BCUT2D eigenvalue weighted by Gasteiger charge is -2.25. The van der Waals surface area contributed by atoms with Crippen LogP contribution in [0.5, 0.6) is 0 Å². The lowest BCUT2D eigenvalue weighted by molar-refractivity contribution is -0.141. The van der Waals surface area contributed by atoms with Gasteiger partial charge in [0.25, 0.3) is 5.91 Å². The van der Waals surface area contributed by atoms with Crippen LogP contribution in [-0.4, -0.2) is 37.8 Å². The average molecular weight is 478 g/mol. The summed E-state index contributed by atoms with van der Waals surface area (Å²) in [5.74, 6) is -0.765. The topological polar surface area (TPSA) is 99.9 Å². The van der Waals surface area contributed by atoms with Crippen LogP contribution in [-0.2, 0) is 22.1 Å². The molecule has 174 valence electrons. The molecule has 1 unspecified atom stereocenters. The highest BCUT2D eigenvalue weighted by Gasteiger charge is 2.33. The Kier molecular flexibility index (Phi) is 6.44. The molecule has 3 aromatic rings. The van der Waals surface area contributed by atoms with Gasteiger partial charge >= 0.3 is 6.18 Å². The van der Waals surface area contributed by atoms with Crippen LogP contribution in [0.4, 0.5) is 18.9 Å². The Balaban J connectivity index is 1.62. The standard InChI is InChI=1S/C22H21F3N4O3S/c1-33(32)19-10-17-14(11-29(28-17)15-7-5-13(12-30)6-8-15)9-18(19)27-21(31)16-3-2-4-20(26-16)22(23,24)25/h2-4,9-13,15H,5-8H2,1H3,(H,27,31)/t13-,15-,33?. The second-order valence-electron chi connectivity index (χ2n) is 8.04. The first-order valence-electron chi connectivity index (χ1n) is 10.3. The summed E-state index contributed by atoms with van der Waals surface area (Å²) < 4.78 is 53.0. The van der Waals surface area contributed by atoms with Gasteiger partial charge in [0.1, 0.15) is 23.9 Å². The van der Waals surface area contributed by atoms with Gasteiger partial charge in [-0.3, -0.25) is 9.48 Å². The molecule has 1 amide bonds. The quantitative estimate of drug-likeness (QED) is 0.434. The van der Waals surface area contributed by atoms with E-state index in [2.05, 4.69) is 15.4 Å². The number of hydrogen-bond acceptors (Lipinski definition) is 5. The Morgan fingerprint density at radius 3 is 2.61 bits per heavy atom. The summed E-state index contributed by atoms with van der Waals surface area (Å²) >= 11 is -1.49. The number of nitrogens with one attached hydrogen (secondary N) is 1. The third kappa shape index (κ3) is 5.03. The van der Waals surface area contributed by atoms with Crippen LogP contribution in [0.1, 0.15) is 47.9 Å². The van der Waals surface area contributed by atoms with Crippen molar-refractivity contribution in [1.29, 1.82) is 0 Å². The Morgan fingerprint density at radius 2 is 1.97 bits per heavy atom. The molecular formula is C22H21F3N4O3S. The van der Waals surface area contributed by atoms with Gasteiger partial charge in [-0.15, -0.1) is 0 Å². The highest BCUT2D eigenvalue weighted by Crippen LogP contribution is 2.34. The zero-order valence-corrected chi connectivity index (χ0v) is 18.4. The molecule has 2 heterocycles. The molecule has 4 rings (SSSR count). The molecule has 0 saturated heterocycles. The first-order chi connectivity index (χ1) is 15.7. The van der Waals surface area contributed by atoms with Crippen molar-refractivity contribution < 1.29 is 27.3 Å². The Labute approximate surface area is 190 Å². The number of fused-ring (bicyclic) bond motifs is 1. The van der Waals surface area contributed by atoms with Gasteiger partial charge in [0, 0.05) is 23.6 Å². The van der Waals surface area contributed by atoms with Crippen molar-refractivity contribution in [3.05, 3.63) is 47.9 Å². The fourth-order valence-electron chi connectivity index (χ4n) is 4.00. The second-order valence-corrected chi connectivity index (χ2v) is 9.38. The van der Waals surface area contributed by atoms with E-state index in [1.807, 2.05) is 10.9 Å².